The normalized spacial score (nSPS) is 13.3. The Bertz CT molecular complexity index is 560. The lowest BCUT2D eigenvalue weighted by molar-refractivity contribution is 0.663. The Hall–Kier alpha value is -1.91. The summed E-state index contributed by atoms with van der Waals surface area (Å²) in [5.74, 6) is 1.91. The van der Waals surface area contributed by atoms with E-state index in [2.05, 4.69) is 40.0 Å². The molecule has 0 fully saturated rings. The molecule has 0 amide bonds. The molecule has 0 bridgehead atoms. The van der Waals surface area contributed by atoms with Gasteiger partial charge in [0.15, 0.2) is 11.6 Å². The molecule has 5 heteroatoms. The number of pyridine rings is 1. The fourth-order valence-electron chi connectivity index (χ4n) is 2.31. The predicted octanol–water partition coefficient (Wildman–Crippen LogP) is 2.09. The monoisotopic (exact) mass is 243 g/mol. The summed E-state index contributed by atoms with van der Waals surface area (Å²) in [6.07, 6.45) is 6.01. The maximum atomic E-state index is 4.53. The highest BCUT2D eigenvalue weighted by molar-refractivity contribution is 5.62. The standard InChI is InChI=1S/C13H17N5/c1-3-4-5-17-8-12-16-15-9-18(12)13-11(17)6-10(2)7-14-13/h6-7,9H,3-5,8H2,1-2H3. The van der Waals surface area contributed by atoms with Crippen molar-refractivity contribution in [2.75, 3.05) is 11.4 Å². The fraction of sp³-hybridized carbons (Fsp3) is 0.462. The van der Waals surface area contributed by atoms with E-state index in [1.807, 2.05) is 10.8 Å². The maximum absolute atomic E-state index is 4.53. The lowest BCUT2D eigenvalue weighted by Crippen LogP contribution is -2.31. The van der Waals surface area contributed by atoms with E-state index >= 15 is 0 Å². The number of unbranched alkanes of at least 4 members (excludes halogenated alkanes) is 1. The van der Waals surface area contributed by atoms with Crippen molar-refractivity contribution in [2.24, 2.45) is 0 Å². The third kappa shape index (κ3) is 1.75. The van der Waals surface area contributed by atoms with Gasteiger partial charge in [0.1, 0.15) is 6.33 Å². The van der Waals surface area contributed by atoms with Crippen molar-refractivity contribution in [3.63, 3.8) is 0 Å². The number of aromatic nitrogens is 4. The fourth-order valence-corrected chi connectivity index (χ4v) is 2.31. The molecule has 0 saturated carbocycles. The van der Waals surface area contributed by atoms with E-state index in [0.29, 0.717) is 0 Å². The topological polar surface area (TPSA) is 46.8 Å². The van der Waals surface area contributed by atoms with Gasteiger partial charge in [-0.1, -0.05) is 13.3 Å². The van der Waals surface area contributed by atoms with Crippen LogP contribution in [-0.2, 0) is 6.54 Å². The summed E-state index contributed by atoms with van der Waals surface area (Å²) in [7, 11) is 0. The molecule has 0 spiro atoms. The highest BCUT2D eigenvalue weighted by Gasteiger charge is 2.23. The van der Waals surface area contributed by atoms with E-state index in [4.69, 9.17) is 0 Å². The van der Waals surface area contributed by atoms with E-state index in [1.165, 1.54) is 24.1 Å². The predicted molar refractivity (Wildman–Crippen MR) is 69.8 cm³/mol. The zero-order valence-electron chi connectivity index (χ0n) is 10.8. The molecule has 0 aromatic carbocycles. The Morgan fingerprint density at radius 3 is 3.11 bits per heavy atom. The first-order valence-corrected chi connectivity index (χ1v) is 6.40. The zero-order valence-corrected chi connectivity index (χ0v) is 10.8. The number of anilines is 1. The third-order valence-electron chi connectivity index (χ3n) is 3.29. The molecule has 1 aliphatic heterocycles. The Morgan fingerprint density at radius 2 is 2.28 bits per heavy atom. The van der Waals surface area contributed by atoms with E-state index in [-0.39, 0.29) is 0 Å². The average Bonchev–Trinajstić information content (AvgIpc) is 2.83. The van der Waals surface area contributed by atoms with Crippen LogP contribution < -0.4 is 4.90 Å². The molecule has 0 saturated heterocycles. The molecular formula is C13H17N5. The summed E-state index contributed by atoms with van der Waals surface area (Å²) in [5.41, 5.74) is 2.38. The maximum Gasteiger partial charge on any atom is 0.163 e. The van der Waals surface area contributed by atoms with E-state index in [9.17, 15) is 0 Å². The second-order valence-corrected chi connectivity index (χ2v) is 4.75. The van der Waals surface area contributed by atoms with Crippen molar-refractivity contribution < 1.29 is 0 Å². The summed E-state index contributed by atoms with van der Waals surface area (Å²) in [6, 6.07) is 2.20. The molecule has 0 aliphatic carbocycles. The third-order valence-corrected chi connectivity index (χ3v) is 3.29. The summed E-state index contributed by atoms with van der Waals surface area (Å²) < 4.78 is 1.98. The first-order chi connectivity index (χ1) is 8.79. The molecule has 2 aromatic heterocycles. The van der Waals surface area contributed by atoms with Gasteiger partial charge in [-0.15, -0.1) is 10.2 Å². The number of hydrogen-bond donors (Lipinski definition) is 0. The summed E-state index contributed by atoms with van der Waals surface area (Å²) in [5, 5.41) is 8.15. The molecule has 5 nitrogen and oxygen atoms in total. The van der Waals surface area contributed by atoms with Crippen LogP contribution in [0.25, 0.3) is 5.82 Å². The number of hydrogen-bond acceptors (Lipinski definition) is 4. The summed E-state index contributed by atoms with van der Waals surface area (Å²) in [6.45, 7) is 6.15. The van der Waals surface area contributed by atoms with Gasteiger partial charge >= 0.3 is 0 Å². The number of rotatable bonds is 3. The Kier molecular flexibility index (Phi) is 2.74. The number of fused-ring (bicyclic) bond motifs is 3. The van der Waals surface area contributed by atoms with Gasteiger partial charge in [0, 0.05) is 12.7 Å². The quantitative estimate of drug-likeness (QED) is 0.828. The van der Waals surface area contributed by atoms with Gasteiger partial charge in [-0.3, -0.25) is 4.57 Å². The number of nitrogens with zero attached hydrogens (tertiary/aromatic N) is 5. The molecule has 3 rings (SSSR count). The molecule has 0 radical (unpaired) electrons. The van der Waals surface area contributed by atoms with Crippen molar-refractivity contribution in [1.29, 1.82) is 0 Å². The lowest BCUT2D eigenvalue weighted by Gasteiger charge is -2.30. The molecule has 0 N–H and O–H groups in total. The first-order valence-electron chi connectivity index (χ1n) is 6.40. The van der Waals surface area contributed by atoms with Crippen molar-refractivity contribution in [3.8, 4) is 5.82 Å². The number of aryl methyl sites for hydroxylation is 1. The zero-order chi connectivity index (χ0) is 12.5. The molecule has 1 aliphatic rings. The molecule has 0 unspecified atom stereocenters. The molecule has 3 heterocycles. The van der Waals surface area contributed by atoms with Crippen LogP contribution in [0.2, 0.25) is 0 Å². The largest absolute Gasteiger partial charge is 0.361 e. The van der Waals surface area contributed by atoms with E-state index < -0.39 is 0 Å². The average molecular weight is 243 g/mol. The van der Waals surface area contributed by atoms with Crippen molar-refractivity contribution >= 4 is 5.69 Å². The van der Waals surface area contributed by atoms with E-state index in [0.717, 1.165) is 24.7 Å². The summed E-state index contributed by atoms with van der Waals surface area (Å²) in [4.78, 5) is 6.88. The molecule has 18 heavy (non-hydrogen) atoms. The van der Waals surface area contributed by atoms with Crippen molar-refractivity contribution in [1.82, 2.24) is 19.7 Å². The Labute approximate surface area is 106 Å². The van der Waals surface area contributed by atoms with Gasteiger partial charge in [-0.2, -0.15) is 0 Å². The van der Waals surface area contributed by atoms with Gasteiger partial charge in [-0.25, -0.2) is 4.98 Å². The van der Waals surface area contributed by atoms with Crippen LogP contribution in [0.4, 0.5) is 5.69 Å². The van der Waals surface area contributed by atoms with Crippen LogP contribution in [0.5, 0.6) is 0 Å². The van der Waals surface area contributed by atoms with Crippen molar-refractivity contribution in [3.05, 3.63) is 30.0 Å². The summed E-state index contributed by atoms with van der Waals surface area (Å²) >= 11 is 0. The molecule has 0 atom stereocenters. The Balaban J connectivity index is 2.06. The Morgan fingerprint density at radius 1 is 1.39 bits per heavy atom. The van der Waals surface area contributed by atoms with Gasteiger partial charge in [-0.05, 0) is 25.0 Å². The first kappa shape index (κ1) is 11.2. The van der Waals surface area contributed by atoms with Crippen LogP contribution in [0.3, 0.4) is 0 Å². The highest BCUT2D eigenvalue weighted by atomic mass is 15.3. The minimum absolute atomic E-state index is 0.818. The van der Waals surface area contributed by atoms with Gasteiger partial charge in [0.2, 0.25) is 0 Å². The van der Waals surface area contributed by atoms with Gasteiger partial charge in [0.25, 0.3) is 0 Å². The van der Waals surface area contributed by atoms with Crippen LogP contribution in [0.15, 0.2) is 18.6 Å². The second-order valence-electron chi connectivity index (χ2n) is 4.75. The second kappa shape index (κ2) is 4.40. The lowest BCUT2D eigenvalue weighted by atomic mass is 10.2. The minimum Gasteiger partial charge on any atom is -0.361 e. The smallest absolute Gasteiger partial charge is 0.163 e. The van der Waals surface area contributed by atoms with Crippen LogP contribution in [0.1, 0.15) is 31.2 Å². The van der Waals surface area contributed by atoms with Gasteiger partial charge < -0.3 is 4.90 Å². The SMILES string of the molecule is CCCCN1Cc2nncn2-c2ncc(C)cc21. The highest BCUT2D eigenvalue weighted by Crippen LogP contribution is 2.30. The molecular weight excluding hydrogens is 226 g/mol. The van der Waals surface area contributed by atoms with Crippen molar-refractivity contribution in [2.45, 2.75) is 33.2 Å². The van der Waals surface area contributed by atoms with Gasteiger partial charge in [0.05, 0.1) is 12.2 Å². The van der Waals surface area contributed by atoms with E-state index in [1.54, 1.807) is 6.33 Å². The minimum atomic E-state index is 0.818. The molecule has 94 valence electrons. The van der Waals surface area contributed by atoms with Crippen LogP contribution >= 0.6 is 0 Å². The molecule has 2 aromatic rings. The van der Waals surface area contributed by atoms with Crippen LogP contribution in [0, 0.1) is 6.92 Å². The van der Waals surface area contributed by atoms with Crippen LogP contribution in [-0.4, -0.2) is 26.3 Å².